The highest BCUT2D eigenvalue weighted by Gasteiger charge is 2.14. The fourth-order valence-electron chi connectivity index (χ4n) is 2.68. The summed E-state index contributed by atoms with van der Waals surface area (Å²) in [6.45, 7) is 1.99. The Morgan fingerprint density at radius 1 is 1.00 bits per heavy atom. The van der Waals surface area contributed by atoms with E-state index in [9.17, 15) is 4.39 Å². The van der Waals surface area contributed by atoms with Gasteiger partial charge in [-0.25, -0.2) is 4.39 Å². The van der Waals surface area contributed by atoms with E-state index in [4.69, 9.17) is 0 Å². The van der Waals surface area contributed by atoms with Gasteiger partial charge in [-0.1, -0.05) is 76.1 Å². The quantitative estimate of drug-likeness (QED) is 0.514. The highest BCUT2D eigenvalue weighted by Crippen LogP contribution is 2.32. The first kappa shape index (κ1) is 14.3. The lowest BCUT2D eigenvalue weighted by Gasteiger charge is -2.14. The number of alkyl halides is 1. The molecule has 0 aliphatic heterocycles. The summed E-state index contributed by atoms with van der Waals surface area (Å²) < 4.78 is 14.0. The van der Waals surface area contributed by atoms with Gasteiger partial charge in [0.15, 0.2) is 0 Å². The van der Waals surface area contributed by atoms with Gasteiger partial charge in [0.1, 0.15) is 5.82 Å². The molecular formula is C19H16BrF. The van der Waals surface area contributed by atoms with Gasteiger partial charge in [-0.2, -0.15) is 0 Å². The fraction of sp³-hybridized carbons (Fsp3) is 0.158. The molecule has 0 bridgehead atoms. The monoisotopic (exact) mass is 342 g/mol. The van der Waals surface area contributed by atoms with E-state index >= 15 is 0 Å². The molecule has 0 saturated carbocycles. The Balaban J connectivity index is 1.96. The summed E-state index contributed by atoms with van der Waals surface area (Å²) in [5, 5.41) is 2.46. The van der Waals surface area contributed by atoms with E-state index in [-0.39, 0.29) is 10.6 Å². The van der Waals surface area contributed by atoms with Crippen molar-refractivity contribution in [3.8, 4) is 0 Å². The van der Waals surface area contributed by atoms with Gasteiger partial charge in [0.25, 0.3) is 0 Å². The Labute approximate surface area is 132 Å². The molecule has 0 radical (unpaired) electrons. The lowest BCUT2D eigenvalue weighted by molar-refractivity contribution is 0.607. The van der Waals surface area contributed by atoms with Gasteiger partial charge in [-0.3, -0.25) is 0 Å². The number of rotatable bonds is 3. The normalized spacial score (nSPS) is 12.5. The van der Waals surface area contributed by atoms with Gasteiger partial charge in [-0.05, 0) is 35.7 Å². The zero-order chi connectivity index (χ0) is 14.8. The summed E-state index contributed by atoms with van der Waals surface area (Å²) in [7, 11) is 0. The smallest absolute Gasteiger partial charge is 0.127 e. The number of aryl methyl sites for hydroxylation is 1. The van der Waals surface area contributed by atoms with Crippen molar-refractivity contribution in [2.24, 2.45) is 0 Å². The van der Waals surface area contributed by atoms with E-state index in [0.29, 0.717) is 0 Å². The molecule has 2 heteroatoms. The van der Waals surface area contributed by atoms with Crippen molar-refractivity contribution in [3.05, 3.63) is 83.2 Å². The molecule has 0 heterocycles. The predicted molar refractivity (Wildman–Crippen MR) is 90.5 cm³/mol. The minimum atomic E-state index is -0.150. The lowest BCUT2D eigenvalue weighted by Crippen LogP contribution is -2.00. The first-order valence-corrected chi connectivity index (χ1v) is 7.93. The van der Waals surface area contributed by atoms with Crippen LogP contribution in [-0.4, -0.2) is 0 Å². The number of fused-ring (bicyclic) bond motifs is 1. The van der Waals surface area contributed by atoms with Gasteiger partial charge in [0, 0.05) is 10.4 Å². The highest BCUT2D eigenvalue weighted by molar-refractivity contribution is 9.09. The van der Waals surface area contributed by atoms with Crippen LogP contribution in [0.3, 0.4) is 0 Å². The van der Waals surface area contributed by atoms with Gasteiger partial charge in [-0.15, -0.1) is 0 Å². The van der Waals surface area contributed by atoms with Crippen LogP contribution in [0.4, 0.5) is 4.39 Å². The summed E-state index contributed by atoms with van der Waals surface area (Å²) >= 11 is 3.65. The molecule has 0 N–H and O–H groups in total. The van der Waals surface area contributed by atoms with Crippen molar-refractivity contribution in [2.75, 3.05) is 0 Å². The molecular weight excluding hydrogens is 327 g/mol. The number of hydrogen-bond acceptors (Lipinski definition) is 0. The molecule has 0 spiro atoms. The molecule has 21 heavy (non-hydrogen) atoms. The molecule has 0 fully saturated rings. The Morgan fingerprint density at radius 2 is 1.76 bits per heavy atom. The molecule has 3 rings (SSSR count). The Bertz CT molecular complexity index is 774. The molecule has 0 aliphatic rings. The van der Waals surface area contributed by atoms with Crippen molar-refractivity contribution in [1.82, 2.24) is 0 Å². The van der Waals surface area contributed by atoms with Crippen molar-refractivity contribution >= 4 is 26.7 Å². The van der Waals surface area contributed by atoms with E-state index < -0.39 is 0 Å². The molecule has 1 unspecified atom stereocenters. The van der Waals surface area contributed by atoms with Crippen LogP contribution in [0.5, 0.6) is 0 Å². The first-order chi connectivity index (χ1) is 10.1. The number of halogens is 2. The van der Waals surface area contributed by atoms with Crippen LogP contribution >= 0.6 is 15.9 Å². The lowest BCUT2D eigenvalue weighted by atomic mass is 9.97. The third kappa shape index (κ3) is 3.01. The van der Waals surface area contributed by atoms with E-state index in [1.54, 1.807) is 12.1 Å². The summed E-state index contributed by atoms with van der Waals surface area (Å²) in [6.07, 6.45) is 0.766. The van der Waals surface area contributed by atoms with Crippen molar-refractivity contribution < 1.29 is 4.39 Å². The van der Waals surface area contributed by atoms with Crippen molar-refractivity contribution in [2.45, 2.75) is 18.2 Å². The summed E-state index contributed by atoms with van der Waals surface area (Å²) in [6, 6.07) is 19.9. The third-order valence-corrected chi connectivity index (χ3v) is 4.59. The van der Waals surface area contributed by atoms with Crippen molar-refractivity contribution in [3.63, 3.8) is 0 Å². The largest absolute Gasteiger partial charge is 0.207 e. The molecule has 0 amide bonds. The molecule has 0 nitrogen and oxygen atoms in total. The zero-order valence-corrected chi connectivity index (χ0v) is 13.4. The number of hydrogen-bond donors (Lipinski definition) is 0. The van der Waals surface area contributed by atoms with Crippen LogP contribution in [0, 0.1) is 12.7 Å². The van der Waals surface area contributed by atoms with Crippen LogP contribution in [0.2, 0.25) is 0 Å². The molecule has 106 valence electrons. The molecule has 3 aromatic carbocycles. The second-order valence-corrected chi connectivity index (χ2v) is 6.44. The SMILES string of the molecule is Cc1ccc(F)c(C(Br)Cc2cccc3ccccc23)c1. The first-order valence-electron chi connectivity index (χ1n) is 7.02. The zero-order valence-electron chi connectivity index (χ0n) is 11.8. The van der Waals surface area contributed by atoms with Crippen LogP contribution in [0.1, 0.15) is 21.5 Å². The molecule has 3 aromatic rings. The average Bonchev–Trinajstić information content (AvgIpc) is 2.50. The maximum absolute atomic E-state index is 14.0. The summed E-state index contributed by atoms with van der Waals surface area (Å²) in [5.41, 5.74) is 3.03. The topological polar surface area (TPSA) is 0 Å². The second-order valence-electron chi connectivity index (χ2n) is 5.33. The van der Waals surface area contributed by atoms with Gasteiger partial charge >= 0.3 is 0 Å². The van der Waals surface area contributed by atoms with E-state index in [2.05, 4.69) is 46.3 Å². The van der Waals surface area contributed by atoms with E-state index in [1.807, 2.05) is 25.1 Å². The second kappa shape index (κ2) is 5.98. The minimum Gasteiger partial charge on any atom is -0.207 e. The maximum Gasteiger partial charge on any atom is 0.127 e. The molecule has 1 atom stereocenters. The average molecular weight is 343 g/mol. The predicted octanol–water partition coefficient (Wildman–Crippen LogP) is 5.97. The highest BCUT2D eigenvalue weighted by atomic mass is 79.9. The Hall–Kier alpha value is -1.67. The molecule has 0 aromatic heterocycles. The van der Waals surface area contributed by atoms with E-state index in [1.165, 1.54) is 16.3 Å². The number of benzene rings is 3. The van der Waals surface area contributed by atoms with Crippen LogP contribution in [0.15, 0.2) is 60.7 Å². The van der Waals surface area contributed by atoms with Gasteiger partial charge in [0.2, 0.25) is 0 Å². The van der Waals surface area contributed by atoms with Crippen molar-refractivity contribution in [1.29, 1.82) is 0 Å². The van der Waals surface area contributed by atoms with Crippen LogP contribution in [0.25, 0.3) is 10.8 Å². The van der Waals surface area contributed by atoms with Crippen LogP contribution < -0.4 is 0 Å². The van der Waals surface area contributed by atoms with E-state index in [0.717, 1.165) is 17.5 Å². The Kier molecular flexibility index (Phi) is 4.07. The van der Waals surface area contributed by atoms with Crippen LogP contribution in [-0.2, 0) is 6.42 Å². The summed E-state index contributed by atoms with van der Waals surface area (Å²) in [4.78, 5) is -0.0248. The Morgan fingerprint density at radius 3 is 2.62 bits per heavy atom. The third-order valence-electron chi connectivity index (χ3n) is 3.77. The molecule has 0 saturated heterocycles. The maximum atomic E-state index is 14.0. The summed E-state index contributed by atoms with van der Waals surface area (Å²) in [5.74, 6) is -0.150. The minimum absolute atomic E-state index is 0.0248. The molecule has 0 aliphatic carbocycles. The van der Waals surface area contributed by atoms with Gasteiger partial charge in [0.05, 0.1) is 0 Å². The van der Waals surface area contributed by atoms with Gasteiger partial charge < -0.3 is 0 Å². The standard InChI is InChI=1S/C19H16BrF/c1-13-9-10-19(21)17(11-13)18(20)12-15-7-4-6-14-5-2-3-8-16(14)15/h2-11,18H,12H2,1H3. The fourth-order valence-corrected chi connectivity index (χ4v) is 3.38.